The van der Waals surface area contributed by atoms with Gasteiger partial charge in [0.15, 0.2) is 17.6 Å². The predicted octanol–water partition coefficient (Wildman–Crippen LogP) is 3.36. The van der Waals surface area contributed by atoms with Gasteiger partial charge in [0.1, 0.15) is 11.9 Å². The molecule has 1 fully saturated rings. The van der Waals surface area contributed by atoms with Crippen LogP contribution in [0.3, 0.4) is 0 Å². The Morgan fingerprint density at radius 3 is 2.86 bits per heavy atom. The van der Waals surface area contributed by atoms with Gasteiger partial charge in [-0.15, -0.1) is 24.0 Å². The van der Waals surface area contributed by atoms with E-state index in [1.54, 1.807) is 19.3 Å². The van der Waals surface area contributed by atoms with Crippen molar-refractivity contribution in [3.63, 3.8) is 0 Å². The zero-order valence-electron chi connectivity index (χ0n) is 17.1. The monoisotopic (exact) mass is 513 g/mol. The molecular weight excluding hydrogens is 484 g/mol. The zero-order valence-corrected chi connectivity index (χ0v) is 19.4. The van der Waals surface area contributed by atoms with E-state index in [0.29, 0.717) is 24.9 Å². The molecule has 0 spiro atoms. The molecule has 0 aliphatic carbocycles. The second-order valence-corrected chi connectivity index (χ2v) is 7.03. The first-order chi connectivity index (χ1) is 13.6. The Balaban J connectivity index is 0.00000300. The number of halogens is 2. The average molecular weight is 513 g/mol. The summed E-state index contributed by atoms with van der Waals surface area (Å²) in [5.41, 5.74) is 1.12. The maximum atomic E-state index is 13.9. The van der Waals surface area contributed by atoms with Crippen LogP contribution in [0.1, 0.15) is 18.9 Å². The molecular formula is C21H29FIN5O. The van der Waals surface area contributed by atoms with E-state index in [4.69, 9.17) is 4.74 Å². The Morgan fingerprint density at radius 2 is 2.14 bits per heavy atom. The van der Waals surface area contributed by atoms with Crippen LogP contribution in [0.25, 0.3) is 0 Å². The first-order valence-corrected chi connectivity index (χ1v) is 9.61. The summed E-state index contributed by atoms with van der Waals surface area (Å²) in [5, 5.41) is 6.71. The first kappa shape index (κ1) is 23.2. The van der Waals surface area contributed by atoms with Crippen LogP contribution in [-0.4, -0.2) is 49.8 Å². The van der Waals surface area contributed by atoms with Gasteiger partial charge in [0.05, 0.1) is 6.54 Å². The number of pyridine rings is 1. The molecule has 0 amide bonds. The van der Waals surface area contributed by atoms with Crippen LogP contribution in [0.2, 0.25) is 0 Å². The van der Waals surface area contributed by atoms with Gasteiger partial charge in [-0.3, -0.25) is 4.99 Å². The number of nitrogens with one attached hydrogen (secondary N) is 2. The highest BCUT2D eigenvalue weighted by Gasteiger charge is 2.26. The molecule has 0 bridgehead atoms. The minimum absolute atomic E-state index is 0. The van der Waals surface area contributed by atoms with E-state index in [9.17, 15) is 4.39 Å². The Kier molecular flexibility index (Phi) is 8.94. The lowest BCUT2D eigenvalue weighted by Crippen LogP contribution is -2.47. The summed E-state index contributed by atoms with van der Waals surface area (Å²) in [6.07, 6.45) is 2.50. The number of benzene rings is 1. The van der Waals surface area contributed by atoms with Crippen LogP contribution in [0.5, 0.6) is 5.75 Å². The fraction of sp³-hybridized carbons (Fsp3) is 0.429. The highest BCUT2D eigenvalue weighted by molar-refractivity contribution is 14.0. The Hall–Kier alpha value is -2.10. The van der Waals surface area contributed by atoms with Gasteiger partial charge in [0.25, 0.3) is 0 Å². The van der Waals surface area contributed by atoms with Crippen molar-refractivity contribution in [3.05, 3.63) is 54.0 Å². The van der Waals surface area contributed by atoms with E-state index in [1.165, 1.54) is 6.07 Å². The SMILES string of the molecule is CN=C(NCC(C)Oc1ccccc1C)NC1CCN(c2ncccc2F)C1.I. The number of guanidine groups is 1. The van der Waals surface area contributed by atoms with E-state index in [-0.39, 0.29) is 41.9 Å². The largest absolute Gasteiger partial charge is 0.489 e. The summed E-state index contributed by atoms with van der Waals surface area (Å²) in [5.74, 6) is 1.74. The molecule has 1 aromatic heterocycles. The van der Waals surface area contributed by atoms with Crippen LogP contribution in [0.15, 0.2) is 47.6 Å². The van der Waals surface area contributed by atoms with Crippen molar-refractivity contribution < 1.29 is 9.13 Å². The second kappa shape index (κ2) is 11.2. The third-order valence-electron chi connectivity index (χ3n) is 4.77. The van der Waals surface area contributed by atoms with Crippen LogP contribution < -0.4 is 20.3 Å². The van der Waals surface area contributed by atoms with Gasteiger partial charge in [-0.25, -0.2) is 9.37 Å². The number of aliphatic imine (C=N–C) groups is 1. The van der Waals surface area contributed by atoms with E-state index < -0.39 is 0 Å². The Labute approximate surface area is 189 Å². The molecule has 3 rings (SSSR count). The van der Waals surface area contributed by atoms with Gasteiger partial charge >= 0.3 is 0 Å². The fourth-order valence-corrected chi connectivity index (χ4v) is 3.26. The van der Waals surface area contributed by atoms with E-state index in [0.717, 1.165) is 24.3 Å². The second-order valence-electron chi connectivity index (χ2n) is 7.03. The molecule has 2 N–H and O–H groups in total. The summed E-state index contributed by atoms with van der Waals surface area (Å²) >= 11 is 0. The molecule has 6 nitrogen and oxygen atoms in total. The van der Waals surface area contributed by atoms with Crippen molar-refractivity contribution >= 4 is 35.8 Å². The summed E-state index contributed by atoms with van der Waals surface area (Å²) in [7, 11) is 1.74. The number of nitrogens with zero attached hydrogens (tertiary/aromatic N) is 3. The van der Waals surface area contributed by atoms with Gasteiger partial charge in [-0.05, 0) is 44.0 Å². The molecule has 29 heavy (non-hydrogen) atoms. The van der Waals surface area contributed by atoms with Crippen LogP contribution in [0.4, 0.5) is 10.2 Å². The molecule has 2 atom stereocenters. The highest BCUT2D eigenvalue weighted by atomic mass is 127. The van der Waals surface area contributed by atoms with Crippen molar-refractivity contribution in [3.8, 4) is 5.75 Å². The quantitative estimate of drug-likeness (QED) is 0.353. The number of aromatic nitrogens is 1. The lowest BCUT2D eigenvalue weighted by Gasteiger charge is -2.21. The highest BCUT2D eigenvalue weighted by Crippen LogP contribution is 2.21. The molecule has 0 radical (unpaired) electrons. The van der Waals surface area contributed by atoms with Crippen molar-refractivity contribution in [1.82, 2.24) is 15.6 Å². The van der Waals surface area contributed by atoms with Gasteiger partial charge in [0, 0.05) is 32.4 Å². The lowest BCUT2D eigenvalue weighted by atomic mass is 10.2. The molecule has 2 unspecified atom stereocenters. The molecule has 0 saturated carbocycles. The third kappa shape index (κ3) is 6.45. The Morgan fingerprint density at radius 1 is 1.34 bits per heavy atom. The molecule has 8 heteroatoms. The Bertz CT molecular complexity index is 819. The molecule has 1 saturated heterocycles. The molecule has 1 aliphatic heterocycles. The topological polar surface area (TPSA) is 61.8 Å². The number of ether oxygens (including phenoxy) is 1. The molecule has 2 heterocycles. The minimum Gasteiger partial charge on any atom is -0.489 e. The number of aryl methyl sites for hydroxylation is 1. The van der Waals surface area contributed by atoms with Crippen molar-refractivity contribution in [2.75, 3.05) is 31.6 Å². The molecule has 1 aromatic carbocycles. The standard InChI is InChI=1S/C21H28FN5O.HI/c1-15-7-4-5-9-19(15)28-16(2)13-25-21(23-3)26-17-10-12-27(14-17)20-18(22)8-6-11-24-20;/h4-9,11,16-17H,10,12-14H2,1-3H3,(H2,23,25,26);1H. The van der Waals surface area contributed by atoms with Crippen molar-refractivity contribution in [2.24, 2.45) is 4.99 Å². The van der Waals surface area contributed by atoms with E-state index in [1.807, 2.05) is 43.0 Å². The third-order valence-corrected chi connectivity index (χ3v) is 4.77. The number of hydrogen-bond donors (Lipinski definition) is 2. The molecule has 2 aromatic rings. The maximum Gasteiger partial charge on any atom is 0.191 e. The van der Waals surface area contributed by atoms with Gasteiger partial charge in [-0.1, -0.05) is 18.2 Å². The van der Waals surface area contributed by atoms with Crippen LogP contribution in [0, 0.1) is 12.7 Å². The van der Waals surface area contributed by atoms with Gasteiger partial charge < -0.3 is 20.3 Å². The normalized spacial score (nSPS) is 17.4. The number of rotatable bonds is 6. The molecule has 158 valence electrons. The zero-order chi connectivity index (χ0) is 19.9. The minimum atomic E-state index is -0.284. The number of para-hydroxylation sites is 1. The summed E-state index contributed by atoms with van der Waals surface area (Å²) in [4.78, 5) is 10.4. The summed E-state index contributed by atoms with van der Waals surface area (Å²) < 4.78 is 19.9. The van der Waals surface area contributed by atoms with E-state index >= 15 is 0 Å². The summed E-state index contributed by atoms with van der Waals surface area (Å²) in [6, 6.07) is 11.2. The lowest BCUT2D eigenvalue weighted by molar-refractivity contribution is 0.222. The van der Waals surface area contributed by atoms with Crippen molar-refractivity contribution in [2.45, 2.75) is 32.4 Å². The molecule has 1 aliphatic rings. The van der Waals surface area contributed by atoms with Crippen molar-refractivity contribution in [1.29, 1.82) is 0 Å². The number of hydrogen-bond acceptors (Lipinski definition) is 4. The van der Waals surface area contributed by atoms with Crippen LogP contribution >= 0.6 is 24.0 Å². The van der Waals surface area contributed by atoms with Crippen LogP contribution in [-0.2, 0) is 0 Å². The number of anilines is 1. The average Bonchev–Trinajstić information content (AvgIpc) is 3.15. The predicted molar refractivity (Wildman–Crippen MR) is 126 cm³/mol. The smallest absolute Gasteiger partial charge is 0.191 e. The first-order valence-electron chi connectivity index (χ1n) is 9.61. The fourth-order valence-electron chi connectivity index (χ4n) is 3.26. The van der Waals surface area contributed by atoms with Gasteiger partial charge in [0.2, 0.25) is 0 Å². The van der Waals surface area contributed by atoms with Gasteiger partial charge in [-0.2, -0.15) is 0 Å². The maximum absolute atomic E-state index is 13.9. The van der Waals surface area contributed by atoms with E-state index in [2.05, 4.69) is 20.6 Å². The summed E-state index contributed by atoms with van der Waals surface area (Å²) in [6.45, 7) is 6.12.